The molecule has 2 aromatic rings. The van der Waals surface area contributed by atoms with Gasteiger partial charge in [0.2, 0.25) is 0 Å². The zero-order valence-electron chi connectivity index (χ0n) is 15.9. The van der Waals surface area contributed by atoms with Crippen LogP contribution in [0.1, 0.15) is 41.2 Å². The standard InChI is InChI=1S/C21H25N5O/c1-24(2)16-7-5-15(6-8-16)21(27)26-17-9-18(26)12-25(11-17)20-10-19(14-3-4-14)22-13-23-20/h5-8,10,13-14,17-18H,3-4,9,11-12H2,1-2H3. The lowest BCUT2D eigenvalue weighted by molar-refractivity contribution is 0.00576. The molecule has 4 aliphatic rings. The SMILES string of the molecule is CN(C)c1ccc(C(=O)N2C3CC2CN(c2cc(C4CC4)ncn2)C3)cc1. The van der Waals surface area contributed by atoms with Crippen LogP contribution in [0.3, 0.4) is 0 Å². The van der Waals surface area contributed by atoms with E-state index in [1.54, 1.807) is 6.33 Å². The Morgan fingerprint density at radius 1 is 1.07 bits per heavy atom. The van der Waals surface area contributed by atoms with Crippen LogP contribution in [-0.4, -0.2) is 60.0 Å². The number of hydrogen-bond acceptors (Lipinski definition) is 5. The fraction of sp³-hybridized carbons (Fsp3) is 0.476. The second-order valence-corrected chi connectivity index (χ2v) is 8.18. The molecule has 1 aromatic carbocycles. The molecule has 6 rings (SSSR count). The third kappa shape index (κ3) is 2.93. The molecule has 2 bridgehead atoms. The highest BCUT2D eigenvalue weighted by Gasteiger charge is 2.47. The molecule has 1 saturated carbocycles. The molecule has 0 radical (unpaired) electrons. The molecule has 1 aliphatic carbocycles. The Hall–Kier alpha value is -2.63. The quantitative estimate of drug-likeness (QED) is 0.836. The van der Waals surface area contributed by atoms with Crippen molar-refractivity contribution >= 4 is 17.4 Å². The summed E-state index contributed by atoms with van der Waals surface area (Å²) in [6.07, 6.45) is 5.28. The molecule has 27 heavy (non-hydrogen) atoms. The number of carbonyl (C=O) groups is 1. The number of aromatic nitrogens is 2. The fourth-order valence-electron chi connectivity index (χ4n) is 4.32. The first kappa shape index (κ1) is 16.5. The van der Waals surface area contributed by atoms with Crippen LogP contribution in [0.4, 0.5) is 11.5 Å². The molecular weight excluding hydrogens is 338 g/mol. The van der Waals surface area contributed by atoms with Crippen LogP contribution in [0.15, 0.2) is 36.7 Å². The number of benzene rings is 1. The van der Waals surface area contributed by atoms with E-state index in [2.05, 4.69) is 25.8 Å². The molecular formula is C21H25N5O. The fourth-order valence-corrected chi connectivity index (χ4v) is 4.32. The number of hydrogen-bond donors (Lipinski definition) is 0. The predicted octanol–water partition coefficient (Wildman–Crippen LogP) is 2.52. The molecule has 3 aliphatic heterocycles. The zero-order chi connectivity index (χ0) is 18.5. The van der Waals surface area contributed by atoms with Crippen LogP contribution in [0.5, 0.6) is 0 Å². The highest BCUT2D eigenvalue weighted by Crippen LogP contribution is 2.40. The van der Waals surface area contributed by atoms with Crippen molar-refractivity contribution in [1.82, 2.24) is 14.9 Å². The largest absolute Gasteiger partial charge is 0.378 e. The summed E-state index contributed by atoms with van der Waals surface area (Å²) >= 11 is 0. The molecule has 3 saturated heterocycles. The summed E-state index contributed by atoms with van der Waals surface area (Å²) in [7, 11) is 4.01. The van der Waals surface area contributed by atoms with E-state index in [0.717, 1.165) is 36.6 Å². The number of nitrogens with zero attached hydrogens (tertiary/aromatic N) is 5. The third-order valence-electron chi connectivity index (χ3n) is 6.05. The van der Waals surface area contributed by atoms with E-state index in [9.17, 15) is 4.79 Å². The topological polar surface area (TPSA) is 52.6 Å². The highest BCUT2D eigenvalue weighted by molar-refractivity contribution is 5.95. The van der Waals surface area contributed by atoms with E-state index in [1.165, 1.54) is 18.5 Å². The second-order valence-electron chi connectivity index (χ2n) is 8.18. The van der Waals surface area contributed by atoms with Crippen molar-refractivity contribution in [2.24, 2.45) is 0 Å². The highest BCUT2D eigenvalue weighted by atomic mass is 16.2. The van der Waals surface area contributed by atoms with Gasteiger partial charge >= 0.3 is 0 Å². The number of rotatable bonds is 4. The molecule has 140 valence electrons. The van der Waals surface area contributed by atoms with Gasteiger partial charge in [-0.25, -0.2) is 9.97 Å². The van der Waals surface area contributed by atoms with Crippen molar-refractivity contribution in [3.05, 3.63) is 47.9 Å². The number of piperidine rings is 1. The summed E-state index contributed by atoms with van der Waals surface area (Å²) in [4.78, 5) is 28.3. The predicted molar refractivity (Wildman–Crippen MR) is 105 cm³/mol. The maximum atomic E-state index is 13.0. The first-order valence-corrected chi connectivity index (χ1v) is 9.77. The normalized spacial score (nSPS) is 23.8. The Labute approximate surface area is 159 Å². The Balaban J connectivity index is 1.28. The summed E-state index contributed by atoms with van der Waals surface area (Å²) in [5, 5.41) is 0. The summed E-state index contributed by atoms with van der Waals surface area (Å²) in [5.41, 5.74) is 3.06. The average Bonchev–Trinajstić information content (AvgIpc) is 3.53. The van der Waals surface area contributed by atoms with Gasteiger partial charge in [0.15, 0.2) is 0 Å². The molecule has 6 nitrogen and oxygen atoms in total. The van der Waals surface area contributed by atoms with E-state index in [0.29, 0.717) is 5.92 Å². The van der Waals surface area contributed by atoms with Gasteiger partial charge in [0, 0.05) is 56.1 Å². The van der Waals surface area contributed by atoms with Crippen molar-refractivity contribution in [2.45, 2.75) is 37.3 Å². The van der Waals surface area contributed by atoms with Crippen LogP contribution >= 0.6 is 0 Å². The van der Waals surface area contributed by atoms with Gasteiger partial charge in [0.05, 0.1) is 12.1 Å². The first-order chi connectivity index (χ1) is 13.1. The van der Waals surface area contributed by atoms with Gasteiger partial charge in [0.25, 0.3) is 5.91 Å². The molecule has 1 amide bonds. The zero-order valence-corrected chi connectivity index (χ0v) is 15.9. The van der Waals surface area contributed by atoms with E-state index in [4.69, 9.17) is 0 Å². The molecule has 0 N–H and O–H groups in total. The minimum Gasteiger partial charge on any atom is -0.378 e. The molecule has 0 spiro atoms. The van der Waals surface area contributed by atoms with Gasteiger partial charge in [-0.3, -0.25) is 4.79 Å². The lowest BCUT2D eigenvalue weighted by Crippen LogP contribution is -2.70. The van der Waals surface area contributed by atoms with Gasteiger partial charge in [-0.2, -0.15) is 0 Å². The van der Waals surface area contributed by atoms with Gasteiger partial charge in [-0.15, -0.1) is 0 Å². The Kier molecular flexibility index (Phi) is 3.81. The Bertz CT molecular complexity index is 849. The number of fused-ring (bicyclic) bond motifs is 2. The average molecular weight is 363 g/mol. The summed E-state index contributed by atoms with van der Waals surface area (Å²) in [5.74, 6) is 1.81. The van der Waals surface area contributed by atoms with E-state index in [1.807, 2.05) is 43.3 Å². The number of anilines is 2. The molecule has 6 heteroatoms. The minimum absolute atomic E-state index is 0.155. The number of carbonyl (C=O) groups excluding carboxylic acids is 1. The van der Waals surface area contributed by atoms with Crippen LogP contribution in [0, 0.1) is 0 Å². The molecule has 2 unspecified atom stereocenters. The molecule has 1 aromatic heterocycles. The summed E-state index contributed by atoms with van der Waals surface area (Å²) in [6, 6.07) is 10.6. The van der Waals surface area contributed by atoms with Crippen molar-refractivity contribution in [1.29, 1.82) is 0 Å². The molecule has 4 fully saturated rings. The van der Waals surface area contributed by atoms with Gasteiger partial charge in [0.1, 0.15) is 12.1 Å². The summed E-state index contributed by atoms with van der Waals surface area (Å²) < 4.78 is 0. The van der Waals surface area contributed by atoms with Gasteiger partial charge < -0.3 is 14.7 Å². The lowest BCUT2D eigenvalue weighted by atomic mass is 9.86. The van der Waals surface area contributed by atoms with Crippen molar-refractivity contribution in [3.63, 3.8) is 0 Å². The minimum atomic E-state index is 0.155. The monoisotopic (exact) mass is 363 g/mol. The second kappa shape index (κ2) is 6.22. The Morgan fingerprint density at radius 3 is 2.41 bits per heavy atom. The maximum Gasteiger partial charge on any atom is 0.254 e. The van der Waals surface area contributed by atoms with Crippen molar-refractivity contribution in [2.75, 3.05) is 37.0 Å². The molecule has 4 heterocycles. The number of amides is 1. The third-order valence-corrected chi connectivity index (χ3v) is 6.05. The first-order valence-electron chi connectivity index (χ1n) is 9.77. The van der Waals surface area contributed by atoms with Crippen LogP contribution < -0.4 is 9.80 Å². The van der Waals surface area contributed by atoms with E-state index in [-0.39, 0.29) is 18.0 Å². The van der Waals surface area contributed by atoms with E-state index >= 15 is 0 Å². The van der Waals surface area contributed by atoms with Crippen LogP contribution in [0.2, 0.25) is 0 Å². The molecule has 2 atom stereocenters. The van der Waals surface area contributed by atoms with Crippen molar-refractivity contribution in [3.8, 4) is 0 Å². The van der Waals surface area contributed by atoms with Crippen LogP contribution in [-0.2, 0) is 0 Å². The maximum absolute atomic E-state index is 13.0. The van der Waals surface area contributed by atoms with E-state index < -0.39 is 0 Å². The number of piperazine rings is 1. The van der Waals surface area contributed by atoms with Crippen molar-refractivity contribution < 1.29 is 4.79 Å². The lowest BCUT2D eigenvalue weighted by Gasteiger charge is -2.56. The van der Waals surface area contributed by atoms with Gasteiger partial charge in [-0.05, 0) is 43.5 Å². The smallest absolute Gasteiger partial charge is 0.254 e. The summed E-state index contributed by atoms with van der Waals surface area (Å²) in [6.45, 7) is 1.72. The van der Waals surface area contributed by atoms with Gasteiger partial charge in [-0.1, -0.05) is 0 Å². The Morgan fingerprint density at radius 2 is 1.78 bits per heavy atom. The van der Waals surface area contributed by atoms with Crippen LogP contribution in [0.25, 0.3) is 0 Å².